The van der Waals surface area contributed by atoms with Crippen molar-refractivity contribution in [2.75, 3.05) is 17.2 Å². The molecule has 0 saturated heterocycles. The predicted molar refractivity (Wildman–Crippen MR) is 103 cm³/mol. The van der Waals surface area contributed by atoms with Crippen molar-refractivity contribution >= 4 is 39.9 Å². The summed E-state index contributed by atoms with van der Waals surface area (Å²) in [5.74, 6) is -1.17. The van der Waals surface area contributed by atoms with Gasteiger partial charge in [-0.05, 0) is 50.5 Å². The molecule has 0 bridgehead atoms. The molecule has 1 heterocycles. The van der Waals surface area contributed by atoms with Crippen LogP contribution in [0.3, 0.4) is 0 Å². The van der Waals surface area contributed by atoms with Gasteiger partial charge in [-0.3, -0.25) is 14.4 Å². The Labute approximate surface area is 161 Å². The summed E-state index contributed by atoms with van der Waals surface area (Å²) < 4.78 is 4.94. The molecule has 0 radical (unpaired) electrons. The molecule has 8 nitrogen and oxygen atoms in total. The van der Waals surface area contributed by atoms with Crippen LogP contribution >= 0.6 is 11.3 Å². The smallest absolute Gasteiger partial charge is 0.306 e. The summed E-state index contributed by atoms with van der Waals surface area (Å²) in [6.07, 6.45) is 0.531. The number of carbonyl (C=O) groups is 3. The Morgan fingerprint density at radius 2 is 1.67 bits per heavy atom. The molecule has 0 saturated carbocycles. The van der Waals surface area contributed by atoms with Gasteiger partial charge >= 0.3 is 5.97 Å². The Kier molecular flexibility index (Phi) is 7.42. The summed E-state index contributed by atoms with van der Waals surface area (Å²) >= 11 is 1.28. The Hall–Kier alpha value is -2.81. The van der Waals surface area contributed by atoms with E-state index in [9.17, 15) is 14.4 Å². The lowest BCUT2D eigenvalue weighted by atomic mass is 10.1. The van der Waals surface area contributed by atoms with Crippen LogP contribution in [0.15, 0.2) is 18.2 Å². The zero-order chi connectivity index (χ0) is 19.8. The quantitative estimate of drug-likeness (QED) is 0.671. The number of amides is 2. The van der Waals surface area contributed by atoms with Crippen molar-refractivity contribution in [3.63, 3.8) is 0 Å². The molecular formula is C18H22N4O4S. The molecule has 0 spiro atoms. The van der Waals surface area contributed by atoms with Crippen LogP contribution in [0.5, 0.6) is 0 Å². The van der Waals surface area contributed by atoms with Gasteiger partial charge in [0.05, 0.1) is 0 Å². The van der Waals surface area contributed by atoms with Crippen LogP contribution in [0.25, 0.3) is 0 Å². The van der Waals surface area contributed by atoms with Gasteiger partial charge in [0.1, 0.15) is 5.01 Å². The number of hydrogen-bond acceptors (Lipinski definition) is 7. The molecule has 27 heavy (non-hydrogen) atoms. The average Bonchev–Trinajstić information content (AvgIpc) is 2.96. The maximum atomic E-state index is 11.9. The largest absolute Gasteiger partial charge is 0.456 e. The van der Waals surface area contributed by atoms with E-state index in [1.54, 1.807) is 6.92 Å². The number of carbonyl (C=O) groups excluding carboxylic acids is 3. The van der Waals surface area contributed by atoms with Gasteiger partial charge in [-0.2, -0.15) is 0 Å². The molecule has 2 rings (SSSR count). The topological polar surface area (TPSA) is 110 Å². The lowest BCUT2D eigenvalue weighted by molar-refractivity contribution is -0.147. The van der Waals surface area contributed by atoms with Crippen molar-refractivity contribution in [3.8, 4) is 0 Å². The molecular weight excluding hydrogens is 368 g/mol. The molecule has 1 aromatic heterocycles. The van der Waals surface area contributed by atoms with Crippen LogP contribution in [-0.4, -0.2) is 34.6 Å². The van der Waals surface area contributed by atoms with Crippen LogP contribution in [0.2, 0.25) is 0 Å². The predicted octanol–water partition coefficient (Wildman–Crippen LogP) is 2.75. The normalized spacial score (nSPS) is 10.3. The Bertz CT molecular complexity index is 814. The number of benzene rings is 1. The molecule has 0 atom stereocenters. The first-order valence-electron chi connectivity index (χ1n) is 8.45. The van der Waals surface area contributed by atoms with Crippen LogP contribution in [-0.2, 0) is 19.1 Å². The average molecular weight is 390 g/mol. The Morgan fingerprint density at radius 3 is 2.30 bits per heavy atom. The summed E-state index contributed by atoms with van der Waals surface area (Å²) in [5, 5.41) is 14.1. The molecule has 0 aliphatic carbocycles. The van der Waals surface area contributed by atoms with Crippen molar-refractivity contribution in [2.45, 2.75) is 40.0 Å². The molecule has 9 heteroatoms. The van der Waals surface area contributed by atoms with Gasteiger partial charge in [0.15, 0.2) is 6.61 Å². The third kappa shape index (κ3) is 7.53. The molecule has 1 aromatic carbocycles. The van der Waals surface area contributed by atoms with Gasteiger partial charge in [-0.1, -0.05) is 17.4 Å². The van der Waals surface area contributed by atoms with Crippen molar-refractivity contribution in [2.24, 2.45) is 0 Å². The van der Waals surface area contributed by atoms with E-state index in [0.29, 0.717) is 17.2 Å². The van der Waals surface area contributed by atoms with Crippen LogP contribution in [0.4, 0.5) is 10.8 Å². The maximum absolute atomic E-state index is 11.9. The monoisotopic (exact) mass is 390 g/mol. The van der Waals surface area contributed by atoms with Gasteiger partial charge in [-0.15, -0.1) is 10.2 Å². The first kappa shape index (κ1) is 20.5. The first-order valence-corrected chi connectivity index (χ1v) is 9.27. The summed E-state index contributed by atoms with van der Waals surface area (Å²) in [5.41, 5.74) is 2.73. The lowest BCUT2D eigenvalue weighted by Gasteiger charge is -2.08. The number of nitrogens with zero attached hydrogens (tertiary/aromatic N) is 2. The van der Waals surface area contributed by atoms with E-state index in [4.69, 9.17) is 4.74 Å². The molecule has 0 aliphatic rings. The lowest BCUT2D eigenvalue weighted by Crippen LogP contribution is -2.21. The van der Waals surface area contributed by atoms with E-state index in [0.717, 1.165) is 16.1 Å². The number of ether oxygens (including phenoxy) is 1. The van der Waals surface area contributed by atoms with Crippen LogP contribution in [0.1, 0.15) is 35.4 Å². The standard InChI is InChI=1S/C18H22N4O4S/c1-11-7-12(2)9-14(8-11)19-16(24)10-26-17(25)6-4-5-15(23)20-18-22-21-13(3)27-18/h7-9H,4-6,10H2,1-3H3,(H,19,24)(H,20,22,23). The van der Waals surface area contributed by atoms with Gasteiger partial charge in [0.2, 0.25) is 11.0 Å². The Balaban J connectivity index is 1.63. The SMILES string of the molecule is Cc1cc(C)cc(NC(=O)COC(=O)CCCC(=O)Nc2nnc(C)s2)c1. The number of anilines is 2. The third-order valence-corrected chi connectivity index (χ3v) is 4.18. The van der Waals surface area contributed by atoms with E-state index in [1.165, 1.54) is 11.3 Å². The maximum Gasteiger partial charge on any atom is 0.306 e. The van der Waals surface area contributed by atoms with Crippen molar-refractivity contribution in [1.82, 2.24) is 10.2 Å². The number of nitrogens with one attached hydrogen (secondary N) is 2. The van der Waals surface area contributed by atoms with Crippen molar-refractivity contribution in [3.05, 3.63) is 34.3 Å². The van der Waals surface area contributed by atoms with Gasteiger partial charge in [0, 0.05) is 18.5 Å². The summed E-state index contributed by atoms with van der Waals surface area (Å²) in [6.45, 7) is 5.30. The number of esters is 1. The minimum Gasteiger partial charge on any atom is -0.456 e. The van der Waals surface area contributed by atoms with Crippen molar-refractivity contribution < 1.29 is 19.1 Å². The van der Waals surface area contributed by atoms with Crippen molar-refractivity contribution in [1.29, 1.82) is 0 Å². The van der Waals surface area contributed by atoms with Crippen LogP contribution < -0.4 is 10.6 Å². The molecule has 2 N–H and O–H groups in total. The highest BCUT2D eigenvalue weighted by Gasteiger charge is 2.11. The molecule has 0 unspecified atom stereocenters. The molecule has 2 amide bonds. The fraction of sp³-hybridized carbons (Fsp3) is 0.389. The third-order valence-electron chi connectivity index (χ3n) is 3.43. The Morgan fingerprint density at radius 1 is 0.963 bits per heavy atom. The minimum atomic E-state index is -0.523. The minimum absolute atomic E-state index is 0.0550. The van der Waals surface area contributed by atoms with Gasteiger partial charge in [-0.25, -0.2) is 0 Å². The number of aryl methyl sites for hydroxylation is 3. The van der Waals surface area contributed by atoms with E-state index in [-0.39, 0.29) is 25.4 Å². The van der Waals surface area contributed by atoms with Crippen LogP contribution in [0, 0.1) is 20.8 Å². The fourth-order valence-electron chi connectivity index (χ4n) is 2.38. The summed E-state index contributed by atoms with van der Waals surface area (Å²) in [4.78, 5) is 35.3. The van der Waals surface area contributed by atoms with E-state index >= 15 is 0 Å². The second-order valence-electron chi connectivity index (χ2n) is 6.11. The highest BCUT2D eigenvalue weighted by molar-refractivity contribution is 7.15. The zero-order valence-corrected chi connectivity index (χ0v) is 16.3. The number of aromatic nitrogens is 2. The highest BCUT2D eigenvalue weighted by atomic mass is 32.1. The first-order chi connectivity index (χ1) is 12.8. The second kappa shape index (κ2) is 9.77. The molecule has 2 aromatic rings. The zero-order valence-electron chi connectivity index (χ0n) is 15.5. The number of rotatable bonds is 8. The number of hydrogen-bond donors (Lipinski definition) is 2. The highest BCUT2D eigenvalue weighted by Crippen LogP contribution is 2.15. The molecule has 144 valence electrons. The van der Waals surface area contributed by atoms with E-state index < -0.39 is 11.9 Å². The van der Waals surface area contributed by atoms with E-state index in [1.807, 2.05) is 32.0 Å². The van der Waals surface area contributed by atoms with E-state index in [2.05, 4.69) is 20.8 Å². The van der Waals surface area contributed by atoms with Gasteiger partial charge in [0.25, 0.3) is 5.91 Å². The molecule has 0 fully saturated rings. The summed E-state index contributed by atoms with van der Waals surface area (Å²) in [7, 11) is 0. The van der Waals surface area contributed by atoms with Gasteiger partial charge < -0.3 is 15.4 Å². The fourth-order valence-corrected chi connectivity index (χ4v) is 2.99. The summed E-state index contributed by atoms with van der Waals surface area (Å²) in [6, 6.07) is 5.67. The second-order valence-corrected chi connectivity index (χ2v) is 7.29. The molecule has 0 aliphatic heterocycles.